The zero-order valence-electron chi connectivity index (χ0n) is 12.2. The molecule has 1 aromatic carbocycles. The molecule has 1 aromatic rings. The minimum absolute atomic E-state index is 0.0262. The summed E-state index contributed by atoms with van der Waals surface area (Å²) in [6, 6.07) is 5.48. The van der Waals surface area contributed by atoms with Crippen molar-refractivity contribution in [2.24, 2.45) is 4.99 Å². The maximum absolute atomic E-state index is 13.7. The number of rotatable bonds is 4. The Balaban J connectivity index is 1.99. The van der Waals surface area contributed by atoms with Gasteiger partial charge >= 0.3 is 0 Å². The van der Waals surface area contributed by atoms with Crippen molar-refractivity contribution in [1.29, 1.82) is 0 Å². The molecule has 1 saturated carbocycles. The molecule has 1 fully saturated rings. The second kappa shape index (κ2) is 6.59. The number of hydrogen-bond donors (Lipinski definition) is 2. The van der Waals surface area contributed by atoms with E-state index in [1.54, 1.807) is 13.1 Å². The number of benzene rings is 1. The van der Waals surface area contributed by atoms with Gasteiger partial charge in [-0.05, 0) is 43.9 Å². The van der Waals surface area contributed by atoms with E-state index in [-0.39, 0.29) is 17.6 Å². The maximum Gasteiger partial charge on any atom is 0.191 e. The highest BCUT2D eigenvalue weighted by molar-refractivity contribution is 5.80. The third kappa shape index (κ3) is 3.40. The van der Waals surface area contributed by atoms with E-state index in [0.717, 1.165) is 11.5 Å². The molecule has 0 aliphatic heterocycles. The Kier molecular flexibility index (Phi) is 4.82. The van der Waals surface area contributed by atoms with Crippen molar-refractivity contribution in [3.05, 3.63) is 29.6 Å². The quantitative estimate of drug-likeness (QED) is 0.658. The number of methoxy groups -OCH3 is 1. The van der Waals surface area contributed by atoms with Crippen LogP contribution in [0.15, 0.2) is 23.2 Å². The van der Waals surface area contributed by atoms with Crippen LogP contribution < -0.4 is 15.4 Å². The van der Waals surface area contributed by atoms with Crippen LogP contribution in [0.1, 0.15) is 37.8 Å². The molecule has 5 heteroatoms. The third-order valence-electron chi connectivity index (χ3n) is 3.70. The normalized spacial score (nSPS) is 17.3. The zero-order valence-corrected chi connectivity index (χ0v) is 12.2. The third-order valence-corrected chi connectivity index (χ3v) is 3.70. The molecule has 4 nitrogen and oxygen atoms in total. The summed E-state index contributed by atoms with van der Waals surface area (Å²) in [5.41, 5.74) is 0.861. The number of aliphatic imine (C=N–C) groups is 1. The van der Waals surface area contributed by atoms with Crippen LogP contribution in [0.4, 0.5) is 4.39 Å². The van der Waals surface area contributed by atoms with E-state index in [0.29, 0.717) is 6.04 Å². The minimum Gasteiger partial charge on any atom is -0.494 e. The highest BCUT2D eigenvalue weighted by Gasteiger charge is 2.19. The molecular formula is C15H22FN3O. The van der Waals surface area contributed by atoms with Crippen molar-refractivity contribution in [3.63, 3.8) is 0 Å². The average molecular weight is 279 g/mol. The van der Waals surface area contributed by atoms with Gasteiger partial charge in [-0.1, -0.05) is 6.07 Å². The summed E-state index contributed by atoms with van der Waals surface area (Å²) in [5, 5.41) is 6.64. The van der Waals surface area contributed by atoms with E-state index in [1.807, 2.05) is 13.0 Å². The SMILES string of the molecule is CN=C(NC1CCC1)NC(C)c1ccc(OC)c(F)c1. The summed E-state index contributed by atoms with van der Waals surface area (Å²) in [6.45, 7) is 1.98. The van der Waals surface area contributed by atoms with Crippen molar-refractivity contribution in [1.82, 2.24) is 10.6 Å². The fourth-order valence-corrected chi connectivity index (χ4v) is 2.16. The van der Waals surface area contributed by atoms with Crippen LogP contribution in [0.5, 0.6) is 5.75 Å². The first-order valence-electron chi connectivity index (χ1n) is 6.97. The molecule has 0 bridgehead atoms. The van der Waals surface area contributed by atoms with Crippen LogP contribution in [0.2, 0.25) is 0 Å². The lowest BCUT2D eigenvalue weighted by Gasteiger charge is -2.29. The first-order chi connectivity index (χ1) is 9.63. The van der Waals surface area contributed by atoms with Crippen LogP contribution in [0.25, 0.3) is 0 Å². The predicted molar refractivity (Wildman–Crippen MR) is 78.6 cm³/mol. The number of nitrogens with one attached hydrogen (secondary N) is 2. The van der Waals surface area contributed by atoms with Crippen LogP contribution in [-0.2, 0) is 0 Å². The van der Waals surface area contributed by atoms with Gasteiger partial charge < -0.3 is 15.4 Å². The van der Waals surface area contributed by atoms with Gasteiger partial charge in [-0.2, -0.15) is 0 Å². The van der Waals surface area contributed by atoms with Gasteiger partial charge in [0.2, 0.25) is 0 Å². The van der Waals surface area contributed by atoms with Gasteiger partial charge in [0, 0.05) is 13.1 Å². The molecule has 0 heterocycles. The maximum atomic E-state index is 13.7. The van der Waals surface area contributed by atoms with Gasteiger partial charge in [-0.3, -0.25) is 4.99 Å². The molecule has 0 spiro atoms. The van der Waals surface area contributed by atoms with Crippen molar-refractivity contribution < 1.29 is 9.13 Å². The Bertz CT molecular complexity index is 486. The topological polar surface area (TPSA) is 45.7 Å². The summed E-state index contributed by atoms with van der Waals surface area (Å²) in [4.78, 5) is 4.21. The molecule has 0 radical (unpaired) electrons. The van der Waals surface area contributed by atoms with E-state index in [4.69, 9.17) is 4.74 Å². The molecule has 0 amide bonds. The summed E-state index contributed by atoms with van der Waals surface area (Å²) < 4.78 is 18.6. The average Bonchev–Trinajstić information content (AvgIpc) is 2.40. The Morgan fingerprint density at radius 3 is 2.70 bits per heavy atom. The standard InChI is InChI=1S/C15H22FN3O/c1-10(11-7-8-14(20-3)13(16)9-11)18-15(17-2)19-12-5-4-6-12/h7-10,12H,4-6H2,1-3H3,(H2,17,18,19). The lowest BCUT2D eigenvalue weighted by Crippen LogP contribution is -2.46. The van der Waals surface area contributed by atoms with E-state index >= 15 is 0 Å². The van der Waals surface area contributed by atoms with Crippen molar-refractivity contribution in [3.8, 4) is 5.75 Å². The van der Waals surface area contributed by atoms with Crippen molar-refractivity contribution in [2.75, 3.05) is 14.2 Å². The lowest BCUT2D eigenvalue weighted by atomic mass is 9.93. The van der Waals surface area contributed by atoms with Gasteiger partial charge in [0.1, 0.15) is 0 Å². The largest absolute Gasteiger partial charge is 0.494 e. The number of guanidine groups is 1. The zero-order chi connectivity index (χ0) is 14.5. The number of hydrogen-bond acceptors (Lipinski definition) is 2. The molecule has 2 N–H and O–H groups in total. The molecule has 1 unspecified atom stereocenters. The smallest absolute Gasteiger partial charge is 0.191 e. The highest BCUT2D eigenvalue weighted by Crippen LogP contribution is 2.22. The van der Waals surface area contributed by atoms with Crippen molar-refractivity contribution >= 4 is 5.96 Å². The molecule has 1 atom stereocenters. The van der Waals surface area contributed by atoms with Crippen LogP contribution in [0.3, 0.4) is 0 Å². The summed E-state index contributed by atoms with van der Waals surface area (Å²) >= 11 is 0. The van der Waals surface area contributed by atoms with E-state index in [9.17, 15) is 4.39 Å². The lowest BCUT2D eigenvalue weighted by molar-refractivity contribution is 0.378. The Morgan fingerprint density at radius 2 is 2.20 bits per heavy atom. The molecule has 2 rings (SSSR count). The van der Waals surface area contributed by atoms with Gasteiger partial charge in [0.15, 0.2) is 17.5 Å². The molecule has 0 saturated heterocycles. The summed E-state index contributed by atoms with van der Waals surface area (Å²) in [7, 11) is 3.21. The van der Waals surface area contributed by atoms with Gasteiger partial charge in [0.25, 0.3) is 0 Å². The highest BCUT2D eigenvalue weighted by atomic mass is 19.1. The Labute approximate surface area is 119 Å². The minimum atomic E-state index is -0.347. The van der Waals surface area contributed by atoms with Gasteiger partial charge in [-0.15, -0.1) is 0 Å². The first-order valence-corrected chi connectivity index (χ1v) is 6.97. The predicted octanol–water partition coefficient (Wildman–Crippen LogP) is 2.61. The van der Waals surface area contributed by atoms with E-state index in [2.05, 4.69) is 15.6 Å². The summed E-state index contributed by atoms with van der Waals surface area (Å²) in [6.07, 6.45) is 3.65. The molecule has 20 heavy (non-hydrogen) atoms. The van der Waals surface area contributed by atoms with E-state index < -0.39 is 0 Å². The fourth-order valence-electron chi connectivity index (χ4n) is 2.16. The fraction of sp³-hybridized carbons (Fsp3) is 0.533. The van der Waals surface area contributed by atoms with Gasteiger partial charge in [-0.25, -0.2) is 4.39 Å². The first kappa shape index (κ1) is 14.6. The monoisotopic (exact) mass is 279 g/mol. The molecular weight excluding hydrogens is 257 g/mol. The van der Waals surface area contributed by atoms with E-state index in [1.165, 1.54) is 32.4 Å². The van der Waals surface area contributed by atoms with Gasteiger partial charge in [0.05, 0.1) is 13.2 Å². The van der Waals surface area contributed by atoms with Crippen molar-refractivity contribution in [2.45, 2.75) is 38.3 Å². The van der Waals surface area contributed by atoms with Crippen LogP contribution >= 0.6 is 0 Å². The Morgan fingerprint density at radius 1 is 1.45 bits per heavy atom. The number of nitrogens with zero attached hydrogens (tertiary/aromatic N) is 1. The molecule has 0 aromatic heterocycles. The van der Waals surface area contributed by atoms with Crippen LogP contribution in [-0.4, -0.2) is 26.2 Å². The summed E-state index contributed by atoms with van der Waals surface area (Å²) in [5.74, 6) is 0.678. The molecule has 1 aliphatic rings. The molecule has 110 valence electrons. The number of ether oxygens (including phenoxy) is 1. The second-order valence-corrected chi connectivity index (χ2v) is 5.10. The molecule has 1 aliphatic carbocycles. The Hall–Kier alpha value is -1.78. The second-order valence-electron chi connectivity index (χ2n) is 5.10. The van der Waals surface area contributed by atoms with Crippen LogP contribution in [0, 0.1) is 5.82 Å². The number of halogens is 1.